The summed E-state index contributed by atoms with van der Waals surface area (Å²) in [5.74, 6) is 2.73. The van der Waals surface area contributed by atoms with Gasteiger partial charge in [0, 0.05) is 17.9 Å². The average Bonchev–Trinajstić information content (AvgIpc) is 3.00. The van der Waals surface area contributed by atoms with Crippen LogP contribution in [0.2, 0.25) is 0 Å². The first kappa shape index (κ1) is 13.8. The van der Waals surface area contributed by atoms with Gasteiger partial charge in [0.1, 0.15) is 0 Å². The van der Waals surface area contributed by atoms with Crippen LogP contribution < -0.4 is 5.73 Å². The third-order valence-corrected chi connectivity index (χ3v) is 4.24. The van der Waals surface area contributed by atoms with Crippen LogP contribution in [0.3, 0.4) is 0 Å². The van der Waals surface area contributed by atoms with Crippen molar-refractivity contribution in [3.8, 4) is 0 Å². The van der Waals surface area contributed by atoms with E-state index in [4.69, 9.17) is 10.3 Å². The second-order valence-electron chi connectivity index (χ2n) is 5.60. The standard InChI is InChI=1S/C13H21N3O.ClH/c14-11-7-3-6-10(8-11)13-15-12(16-17-13)9-4-1-2-5-9;/h9-11H,1-8,14H2;1H. The molecule has 3 rings (SSSR count). The van der Waals surface area contributed by atoms with E-state index < -0.39 is 0 Å². The first-order chi connectivity index (χ1) is 8.33. The molecule has 2 unspecified atom stereocenters. The van der Waals surface area contributed by atoms with Gasteiger partial charge in [-0.2, -0.15) is 4.98 Å². The SMILES string of the molecule is Cl.NC1CCCC(c2nc(C3CCCC3)no2)C1. The van der Waals surface area contributed by atoms with Gasteiger partial charge in [-0.05, 0) is 32.1 Å². The maximum atomic E-state index is 6.00. The summed E-state index contributed by atoms with van der Waals surface area (Å²) in [7, 11) is 0. The molecule has 2 fully saturated rings. The van der Waals surface area contributed by atoms with Crippen LogP contribution in [-0.4, -0.2) is 16.2 Å². The zero-order chi connectivity index (χ0) is 11.7. The lowest BCUT2D eigenvalue weighted by molar-refractivity contribution is 0.296. The van der Waals surface area contributed by atoms with Gasteiger partial charge in [-0.1, -0.05) is 24.4 Å². The van der Waals surface area contributed by atoms with E-state index in [2.05, 4.69) is 10.1 Å². The topological polar surface area (TPSA) is 64.9 Å². The summed E-state index contributed by atoms with van der Waals surface area (Å²) in [6.07, 6.45) is 9.55. The molecule has 1 heterocycles. The molecule has 4 nitrogen and oxygen atoms in total. The first-order valence-corrected chi connectivity index (χ1v) is 6.92. The lowest BCUT2D eigenvalue weighted by atomic mass is 9.86. The maximum absolute atomic E-state index is 6.00. The van der Waals surface area contributed by atoms with Crippen molar-refractivity contribution in [1.82, 2.24) is 10.1 Å². The Labute approximate surface area is 114 Å². The van der Waals surface area contributed by atoms with E-state index >= 15 is 0 Å². The Bertz CT molecular complexity index is 376. The van der Waals surface area contributed by atoms with E-state index in [0.29, 0.717) is 17.9 Å². The Morgan fingerprint density at radius 3 is 2.44 bits per heavy atom. The highest BCUT2D eigenvalue weighted by molar-refractivity contribution is 5.85. The van der Waals surface area contributed by atoms with Crippen molar-refractivity contribution in [2.45, 2.75) is 69.2 Å². The number of hydrogen-bond donors (Lipinski definition) is 1. The van der Waals surface area contributed by atoms with Gasteiger partial charge >= 0.3 is 0 Å². The maximum Gasteiger partial charge on any atom is 0.229 e. The zero-order valence-electron chi connectivity index (χ0n) is 10.7. The molecule has 0 aromatic carbocycles. The van der Waals surface area contributed by atoms with Crippen molar-refractivity contribution < 1.29 is 4.52 Å². The second-order valence-corrected chi connectivity index (χ2v) is 5.60. The van der Waals surface area contributed by atoms with Gasteiger partial charge in [0.2, 0.25) is 5.89 Å². The molecule has 5 heteroatoms. The summed E-state index contributed by atoms with van der Waals surface area (Å²) in [6, 6.07) is 0.315. The summed E-state index contributed by atoms with van der Waals surface area (Å²) >= 11 is 0. The predicted octanol–water partition coefficient (Wildman–Crippen LogP) is 3.13. The van der Waals surface area contributed by atoms with Crippen LogP contribution in [0.25, 0.3) is 0 Å². The Morgan fingerprint density at radius 1 is 1.00 bits per heavy atom. The molecule has 2 saturated carbocycles. The summed E-state index contributed by atoms with van der Waals surface area (Å²) < 4.78 is 5.45. The molecular formula is C13H22ClN3O. The molecule has 1 aromatic heterocycles. The fourth-order valence-electron chi connectivity index (χ4n) is 3.21. The largest absolute Gasteiger partial charge is 0.339 e. The van der Waals surface area contributed by atoms with Crippen LogP contribution in [0.15, 0.2) is 4.52 Å². The molecular weight excluding hydrogens is 250 g/mol. The average molecular weight is 272 g/mol. The van der Waals surface area contributed by atoms with Gasteiger partial charge in [0.05, 0.1) is 0 Å². The minimum atomic E-state index is 0. The molecule has 0 aliphatic heterocycles. The Kier molecular flexibility index (Phi) is 4.62. The Morgan fingerprint density at radius 2 is 1.72 bits per heavy atom. The van der Waals surface area contributed by atoms with Crippen LogP contribution in [0.5, 0.6) is 0 Å². The van der Waals surface area contributed by atoms with Gasteiger partial charge < -0.3 is 10.3 Å². The number of nitrogens with zero attached hydrogens (tertiary/aromatic N) is 2. The molecule has 2 aliphatic carbocycles. The van der Waals surface area contributed by atoms with Gasteiger partial charge in [-0.25, -0.2) is 0 Å². The molecule has 1 aromatic rings. The van der Waals surface area contributed by atoms with Crippen LogP contribution in [0, 0.1) is 0 Å². The highest BCUT2D eigenvalue weighted by Crippen LogP contribution is 2.35. The molecule has 0 saturated heterocycles. The van der Waals surface area contributed by atoms with Crippen molar-refractivity contribution in [2.75, 3.05) is 0 Å². The summed E-state index contributed by atoms with van der Waals surface area (Å²) in [6.45, 7) is 0. The van der Waals surface area contributed by atoms with E-state index in [-0.39, 0.29) is 12.4 Å². The third kappa shape index (κ3) is 2.86. The van der Waals surface area contributed by atoms with Crippen LogP contribution >= 0.6 is 12.4 Å². The lowest BCUT2D eigenvalue weighted by Gasteiger charge is -2.23. The molecule has 18 heavy (non-hydrogen) atoms. The first-order valence-electron chi connectivity index (χ1n) is 6.92. The monoisotopic (exact) mass is 271 g/mol. The molecule has 2 aliphatic rings. The van der Waals surface area contributed by atoms with Gasteiger partial charge in [0.25, 0.3) is 0 Å². The smallest absolute Gasteiger partial charge is 0.229 e. The molecule has 2 N–H and O–H groups in total. The fourth-order valence-corrected chi connectivity index (χ4v) is 3.21. The van der Waals surface area contributed by atoms with Gasteiger partial charge in [-0.3, -0.25) is 0 Å². The Hall–Kier alpha value is -0.610. The van der Waals surface area contributed by atoms with Gasteiger partial charge in [0.15, 0.2) is 5.82 Å². The van der Waals surface area contributed by atoms with Crippen molar-refractivity contribution >= 4 is 12.4 Å². The van der Waals surface area contributed by atoms with Crippen molar-refractivity contribution in [1.29, 1.82) is 0 Å². The third-order valence-electron chi connectivity index (χ3n) is 4.24. The van der Waals surface area contributed by atoms with E-state index in [1.165, 1.54) is 32.1 Å². The quantitative estimate of drug-likeness (QED) is 0.897. The summed E-state index contributed by atoms with van der Waals surface area (Å²) in [5.41, 5.74) is 6.00. The number of nitrogens with two attached hydrogens (primary N) is 1. The van der Waals surface area contributed by atoms with E-state index in [1.54, 1.807) is 0 Å². The highest BCUT2D eigenvalue weighted by Gasteiger charge is 2.28. The predicted molar refractivity (Wildman–Crippen MR) is 71.9 cm³/mol. The highest BCUT2D eigenvalue weighted by atomic mass is 35.5. The van der Waals surface area contributed by atoms with E-state index in [0.717, 1.165) is 31.0 Å². The van der Waals surface area contributed by atoms with E-state index in [1.807, 2.05) is 0 Å². The number of rotatable bonds is 2. The number of aromatic nitrogens is 2. The second kappa shape index (κ2) is 6.02. The van der Waals surface area contributed by atoms with Crippen LogP contribution in [0.1, 0.15) is 74.9 Å². The minimum absolute atomic E-state index is 0. The van der Waals surface area contributed by atoms with E-state index in [9.17, 15) is 0 Å². The fraction of sp³-hybridized carbons (Fsp3) is 0.846. The molecule has 0 bridgehead atoms. The van der Waals surface area contributed by atoms with Crippen molar-refractivity contribution in [2.24, 2.45) is 5.73 Å². The molecule has 102 valence electrons. The molecule has 0 radical (unpaired) electrons. The van der Waals surface area contributed by atoms with Crippen LogP contribution in [0.4, 0.5) is 0 Å². The Balaban J connectivity index is 0.00000120. The minimum Gasteiger partial charge on any atom is -0.339 e. The summed E-state index contributed by atoms with van der Waals surface area (Å²) in [5, 5.41) is 4.17. The zero-order valence-corrected chi connectivity index (χ0v) is 11.5. The summed E-state index contributed by atoms with van der Waals surface area (Å²) in [4.78, 5) is 4.62. The van der Waals surface area contributed by atoms with Crippen molar-refractivity contribution in [3.05, 3.63) is 11.7 Å². The number of hydrogen-bond acceptors (Lipinski definition) is 4. The van der Waals surface area contributed by atoms with Gasteiger partial charge in [-0.15, -0.1) is 12.4 Å². The normalized spacial score (nSPS) is 29.2. The lowest BCUT2D eigenvalue weighted by Crippen LogP contribution is -2.26. The van der Waals surface area contributed by atoms with Crippen LogP contribution in [-0.2, 0) is 0 Å². The number of halogens is 1. The molecule has 2 atom stereocenters. The molecule has 0 spiro atoms. The van der Waals surface area contributed by atoms with Crippen molar-refractivity contribution in [3.63, 3.8) is 0 Å². The molecule has 0 amide bonds.